The van der Waals surface area contributed by atoms with E-state index >= 15 is 0 Å². The molecule has 5 heteroatoms. The number of hydrogen-bond acceptors (Lipinski definition) is 5. The van der Waals surface area contributed by atoms with Gasteiger partial charge in [-0.2, -0.15) is 0 Å². The van der Waals surface area contributed by atoms with Crippen LogP contribution in [-0.4, -0.2) is 15.3 Å². The first-order valence-corrected chi connectivity index (χ1v) is 6.76. The van der Waals surface area contributed by atoms with Crippen LogP contribution in [0.1, 0.15) is 30.4 Å². The Hall–Kier alpha value is -2.40. The molecule has 0 bridgehead atoms. The fourth-order valence-electron chi connectivity index (χ4n) is 2.28. The van der Waals surface area contributed by atoms with Gasteiger partial charge in [0.2, 0.25) is 5.89 Å². The van der Waals surface area contributed by atoms with E-state index in [1.54, 1.807) is 13.8 Å². The van der Waals surface area contributed by atoms with Crippen molar-refractivity contribution in [3.05, 3.63) is 53.7 Å². The summed E-state index contributed by atoms with van der Waals surface area (Å²) in [6, 6.07) is 11.7. The molecule has 0 aliphatic rings. The Balaban J connectivity index is 1.99. The summed E-state index contributed by atoms with van der Waals surface area (Å²) in [5, 5.41) is 19.6. The van der Waals surface area contributed by atoms with Gasteiger partial charge < -0.3 is 14.3 Å². The van der Waals surface area contributed by atoms with Crippen molar-refractivity contribution in [1.29, 1.82) is 0 Å². The van der Waals surface area contributed by atoms with Gasteiger partial charge in [-0.15, -0.1) is 10.2 Å². The van der Waals surface area contributed by atoms with Crippen LogP contribution in [-0.2, 0) is 6.61 Å². The Labute approximate surface area is 122 Å². The summed E-state index contributed by atoms with van der Waals surface area (Å²) in [6.07, 6.45) is -0.617. The number of rotatable bonds is 4. The molecule has 3 aromatic rings. The minimum absolute atomic E-state index is 0.175. The van der Waals surface area contributed by atoms with E-state index in [9.17, 15) is 5.11 Å². The van der Waals surface area contributed by atoms with E-state index in [-0.39, 0.29) is 6.61 Å². The second-order valence-corrected chi connectivity index (χ2v) is 4.88. The van der Waals surface area contributed by atoms with E-state index < -0.39 is 6.10 Å². The van der Waals surface area contributed by atoms with Gasteiger partial charge in [-0.3, -0.25) is 0 Å². The Bertz CT molecular complexity index is 765. The normalized spacial score (nSPS) is 12.5. The first kappa shape index (κ1) is 13.6. The third kappa shape index (κ3) is 2.73. The van der Waals surface area contributed by atoms with Gasteiger partial charge >= 0.3 is 0 Å². The van der Waals surface area contributed by atoms with Gasteiger partial charge in [-0.1, -0.05) is 36.4 Å². The van der Waals surface area contributed by atoms with E-state index in [2.05, 4.69) is 10.2 Å². The van der Waals surface area contributed by atoms with Crippen molar-refractivity contribution in [2.75, 3.05) is 0 Å². The number of benzene rings is 2. The van der Waals surface area contributed by atoms with Crippen LogP contribution >= 0.6 is 0 Å². The van der Waals surface area contributed by atoms with Crippen molar-refractivity contribution in [2.24, 2.45) is 0 Å². The van der Waals surface area contributed by atoms with E-state index in [0.717, 1.165) is 16.3 Å². The number of hydrogen-bond donors (Lipinski definition) is 1. The molecule has 0 unspecified atom stereocenters. The van der Waals surface area contributed by atoms with Gasteiger partial charge in [0.05, 0.1) is 6.10 Å². The van der Waals surface area contributed by atoms with Gasteiger partial charge in [-0.25, -0.2) is 0 Å². The lowest BCUT2D eigenvalue weighted by Crippen LogP contribution is -2.02. The maximum Gasteiger partial charge on any atom is 0.253 e. The number of fused-ring (bicyclic) bond motifs is 1. The van der Waals surface area contributed by atoms with Gasteiger partial charge in [-0.05, 0) is 12.3 Å². The van der Waals surface area contributed by atoms with Crippen LogP contribution in [0.2, 0.25) is 0 Å². The lowest BCUT2D eigenvalue weighted by Gasteiger charge is -2.15. The third-order valence-electron chi connectivity index (χ3n) is 3.27. The third-order valence-corrected chi connectivity index (χ3v) is 3.27. The SMILES string of the molecule is Cc1nnc(COc2c([C@@H](C)O)ccc3ccccc23)o1. The first-order chi connectivity index (χ1) is 10.1. The predicted molar refractivity (Wildman–Crippen MR) is 77.9 cm³/mol. The van der Waals surface area contributed by atoms with Gasteiger partial charge in [0.25, 0.3) is 5.89 Å². The second kappa shape index (κ2) is 5.54. The summed E-state index contributed by atoms with van der Waals surface area (Å²) < 4.78 is 11.2. The number of aliphatic hydroxyl groups excluding tert-OH is 1. The van der Waals surface area contributed by atoms with Crippen molar-refractivity contribution < 1.29 is 14.3 Å². The van der Waals surface area contributed by atoms with E-state index in [1.807, 2.05) is 36.4 Å². The summed E-state index contributed by atoms with van der Waals surface area (Å²) in [4.78, 5) is 0. The highest BCUT2D eigenvalue weighted by Gasteiger charge is 2.14. The van der Waals surface area contributed by atoms with Crippen LogP contribution in [0, 0.1) is 6.92 Å². The maximum absolute atomic E-state index is 9.93. The molecule has 1 heterocycles. The molecule has 0 spiro atoms. The fraction of sp³-hybridized carbons (Fsp3) is 0.250. The summed E-state index contributed by atoms with van der Waals surface area (Å²) in [5.41, 5.74) is 0.741. The smallest absolute Gasteiger partial charge is 0.253 e. The number of ether oxygens (including phenoxy) is 1. The van der Waals surface area contributed by atoms with Crippen molar-refractivity contribution >= 4 is 10.8 Å². The van der Waals surface area contributed by atoms with Gasteiger partial charge in [0.1, 0.15) is 5.75 Å². The molecule has 1 N–H and O–H groups in total. The van der Waals surface area contributed by atoms with Crippen LogP contribution in [0.15, 0.2) is 40.8 Å². The monoisotopic (exact) mass is 284 g/mol. The predicted octanol–water partition coefficient (Wildman–Crippen LogP) is 3.16. The number of aromatic nitrogens is 2. The zero-order valence-electron chi connectivity index (χ0n) is 11.9. The van der Waals surface area contributed by atoms with Crippen LogP contribution in [0.5, 0.6) is 5.75 Å². The topological polar surface area (TPSA) is 68.4 Å². The molecule has 1 aromatic heterocycles. The van der Waals surface area contributed by atoms with Crippen molar-refractivity contribution in [3.63, 3.8) is 0 Å². The molecule has 0 aliphatic heterocycles. The Kier molecular flexibility index (Phi) is 3.58. The second-order valence-electron chi connectivity index (χ2n) is 4.88. The highest BCUT2D eigenvalue weighted by molar-refractivity contribution is 5.89. The van der Waals surface area contributed by atoms with Crippen molar-refractivity contribution in [3.8, 4) is 5.75 Å². The zero-order chi connectivity index (χ0) is 14.8. The highest BCUT2D eigenvalue weighted by Crippen LogP contribution is 2.34. The molecular weight excluding hydrogens is 268 g/mol. The molecule has 1 atom stereocenters. The van der Waals surface area contributed by atoms with E-state index in [0.29, 0.717) is 17.5 Å². The minimum atomic E-state index is -0.617. The molecule has 0 fully saturated rings. The van der Waals surface area contributed by atoms with Crippen molar-refractivity contribution in [2.45, 2.75) is 26.6 Å². The zero-order valence-corrected chi connectivity index (χ0v) is 11.9. The molecule has 0 saturated carbocycles. The number of aliphatic hydroxyl groups is 1. The number of nitrogens with zero attached hydrogens (tertiary/aromatic N) is 2. The standard InChI is InChI=1S/C16H16N2O3/c1-10(19)13-8-7-12-5-3-4-6-14(12)16(13)20-9-15-18-17-11(2)21-15/h3-8,10,19H,9H2,1-2H3/t10-/m1/s1. The Morgan fingerprint density at radius 1 is 1.19 bits per heavy atom. The molecule has 0 saturated heterocycles. The van der Waals surface area contributed by atoms with Gasteiger partial charge in [0.15, 0.2) is 6.61 Å². The average Bonchev–Trinajstić information content (AvgIpc) is 2.90. The molecule has 21 heavy (non-hydrogen) atoms. The van der Waals surface area contributed by atoms with Gasteiger partial charge in [0, 0.05) is 17.9 Å². The van der Waals surface area contributed by atoms with Crippen LogP contribution in [0.3, 0.4) is 0 Å². The molecule has 0 radical (unpaired) electrons. The molecule has 2 aromatic carbocycles. The molecule has 3 rings (SSSR count). The average molecular weight is 284 g/mol. The molecule has 0 aliphatic carbocycles. The Morgan fingerprint density at radius 3 is 2.71 bits per heavy atom. The van der Waals surface area contributed by atoms with E-state index in [1.165, 1.54) is 0 Å². The van der Waals surface area contributed by atoms with Crippen LogP contribution < -0.4 is 4.74 Å². The Morgan fingerprint density at radius 2 is 2.00 bits per heavy atom. The maximum atomic E-state index is 9.93. The van der Waals surface area contributed by atoms with Crippen molar-refractivity contribution in [1.82, 2.24) is 10.2 Å². The molecule has 108 valence electrons. The summed E-state index contributed by atoms with van der Waals surface area (Å²) in [6.45, 7) is 3.62. The lowest BCUT2D eigenvalue weighted by atomic mass is 10.0. The van der Waals surface area contributed by atoms with Crippen LogP contribution in [0.25, 0.3) is 10.8 Å². The molecule has 5 nitrogen and oxygen atoms in total. The quantitative estimate of drug-likeness (QED) is 0.797. The fourth-order valence-corrected chi connectivity index (χ4v) is 2.28. The first-order valence-electron chi connectivity index (χ1n) is 6.76. The summed E-state index contributed by atoms with van der Waals surface area (Å²) >= 11 is 0. The summed E-state index contributed by atoms with van der Waals surface area (Å²) in [5.74, 6) is 1.57. The summed E-state index contributed by atoms with van der Waals surface area (Å²) in [7, 11) is 0. The molecular formula is C16H16N2O3. The van der Waals surface area contributed by atoms with E-state index in [4.69, 9.17) is 9.15 Å². The van der Waals surface area contributed by atoms with Crippen LogP contribution in [0.4, 0.5) is 0 Å². The molecule has 0 amide bonds. The number of aryl methyl sites for hydroxylation is 1. The largest absolute Gasteiger partial charge is 0.483 e. The lowest BCUT2D eigenvalue weighted by molar-refractivity contribution is 0.188. The highest BCUT2D eigenvalue weighted by atomic mass is 16.5. The minimum Gasteiger partial charge on any atom is -0.483 e.